The number of allylic oxidation sites excluding steroid dienone is 1. The molecule has 1 amide bonds. The minimum atomic E-state index is -0.433. The Morgan fingerprint density at radius 2 is 1.94 bits per heavy atom. The van der Waals surface area contributed by atoms with Crippen molar-refractivity contribution in [3.05, 3.63) is 78.1 Å². The predicted octanol–water partition coefficient (Wildman–Crippen LogP) is 3.72. The maximum absolute atomic E-state index is 12.4. The molecule has 3 rings (SSSR count). The van der Waals surface area contributed by atoms with Crippen molar-refractivity contribution in [2.75, 3.05) is 5.32 Å². The summed E-state index contributed by atoms with van der Waals surface area (Å²) in [4.78, 5) is 12.4. The van der Waals surface area contributed by atoms with E-state index in [1.165, 1.54) is 23.5 Å². The summed E-state index contributed by atoms with van der Waals surface area (Å²) < 4.78 is 1.93. The third kappa shape index (κ3) is 6.45. The number of hydrogen-bond acceptors (Lipinski definition) is 7. The lowest BCUT2D eigenvalue weighted by atomic mass is 10.2. The van der Waals surface area contributed by atoms with E-state index in [9.17, 15) is 9.90 Å². The van der Waals surface area contributed by atoms with Crippen LogP contribution in [0, 0.1) is 6.92 Å². The van der Waals surface area contributed by atoms with Crippen LogP contribution in [0.4, 0.5) is 5.69 Å². The van der Waals surface area contributed by atoms with E-state index in [1.54, 1.807) is 37.3 Å². The molecule has 0 unspecified atom stereocenters. The van der Waals surface area contributed by atoms with Crippen molar-refractivity contribution in [2.24, 2.45) is 5.10 Å². The Balaban J connectivity index is 1.59. The van der Waals surface area contributed by atoms with Gasteiger partial charge in [0.25, 0.3) is 5.91 Å². The zero-order chi connectivity index (χ0) is 22.9. The fourth-order valence-electron chi connectivity index (χ4n) is 2.74. The van der Waals surface area contributed by atoms with Gasteiger partial charge in [-0.3, -0.25) is 4.79 Å². The summed E-state index contributed by atoms with van der Waals surface area (Å²) in [6.07, 6.45) is 3.29. The highest BCUT2D eigenvalue weighted by atomic mass is 32.2. The molecule has 1 heterocycles. The van der Waals surface area contributed by atoms with E-state index in [4.69, 9.17) is 0 Å². The first-order chi connectivity index (χ1) is 15.5. The zero-order valence-corrected chi connectivity index (χ0v) is 18.8. The largest absolute Gasteiger partial charge is 0.508 e. The number of hydrogen-bond donors (Lipinski definition) is 3. The highest BCUT2D eigenvalue weighted by Gasteiger charge is 2.19. The first-order valence-electron chi connectivity index (χ1n) is 10.1. The number of amides is 1. The first-order valence-corrected chi connectivity index (χ1v) is 11.0. The van der Waals surface area contributed by atoms with Crippen molar-refractivity contribution in [3.63, 3.8) is 0 Å². The van der Waals surface area contributed by atoms with Gasteiger partial charge >= 0.3 is 0 Å². The summed E-state index contributed by atoms with van der Waals surface area (Å²) >= 11 is 1.31. The lowest BCUT2D eigenvalue weighted by Gasteiger charge is -2.12. The number of anilines is 1. The Labute approximate surface area is 191 Å². The topological polar surface area (TPSA) is 104 Å². The third-order valence-corrected chi connectivity index (χ3v) is 5.62. The van der Waals surface area contributed by atoms with Crippen molar-refractivity contribution in [3.8, 4) is 5.75 Å². The molecule has 8 nitrogen and oxygen atoms in total. The van der Waals surface area contributed by atoms with Gasteiger partial charge < -0.3 is 15.0 Å². The molecule has 0 aliphatic heterocycles. The van der Waals surface area contributed by atoms with Gasteiger partial charge in [-0.1, -0.05) is 35.5 Å². The fraction of sp³-hybridized carbons (Fsp3) is 0.217. The van der Waals surface area contributed by atoms with Crippen LogP contribution in [0.3, 0.4) is 0 Å². The number of thioether (sulfide) groups is 1. The minimum absolute atomic E-state index is 0.174. The van der Waals surface area contributed by atoms with Crippen LogP contribution in [0.5, 0.6) is 5.75 Å². The van der Waals surface area contributed by atoms with Gasteiger partial charge in [-0.05, 0) is 55.8 Å². The normalized spacial score (nSPS) is 11.9. The summed E-state index contributed by atoms with van der Waals surface area (Å²) in [5, 5.41) is 25.4. The van der Waals surface area contributed by atoms with Crippen molar-refractivity contribution in [1.82, 2.24) is 20.2 Å². The van der Waals surface area contributed by atoms with Gasteiger partial charge in [0.1, 0.15) is 5.75 Å². The molecule has 32 heavy (non-hydrogen) atoms. The van der Waals surface area contributed by atoms with E-state index in [0.717, 1.165) is 17.1 Å². The molecule has 0 spiro atoms. The number of hydrazone groups is 1. The molecule has 0 radical (unpaired) electrons. The van der Waals surface area contributed by atoms with Gasteiger partial charge in [0.2, 0.25) is 0 Å². The molecule has 3 aromatic rings. The molecule has 9 heteroatoms. The van der Waals surface area contributed by atoms with Crippen molar-refractivity contribution >= 4 is 29.6 Å². The van der Waals surface area contributed by atoms with Crippen LogP contribution in [0.2, 0.25) is 0 Å². The average Bonchev–Trinajstić information content (AvgIpc) is 3.16. The Kier molecular flexibility index (Phi) is 8.04. The van der Waals surface area contributed by atoms with E-state index in [-0.39, 0.29) is 11.7 Å². The molecular formula is C23H26N6O2S. The van der Waals surface area contributed by atoms with E-state index in [1.807, 2.05) is 35.8 Å². The number of carbonyl (C=O) groups excluding carboxylic acids is 1. The zero-order valence-electron chi connectivity index (χ0n) is 18.0. The Morgan fingerprint density at radius 3 is 2.62 bits per heavy atom. The number of aromatic hydroxyl groups is 1. The SMILES string of the molecule is C=CCn1c(CNc2ccc(C)cc2)nnc1S[C@@H](C)C(=O)N/N=C/c1ccc(O)cc1. The standard InChI is InChI=1S/C23H26N6O2S/c1-4-13-29-21(15-24-19-9-5-16(2)6-10-19)26-28-23(29)32-17(3)22(31)27-25-14-18-7-11-20(30)12-8-18/h4-12,14,17,24,30H,1,13,15H2,2-3H3,(H,27,31)/b25-14+/t17-/m0/s1. The molecule has 1 atom stereocenters. The van der Waals surface area contributed by atoms with Gasteiger partial charge in [0, 0.05) is 12.2 Å². The van der Waals surface area contributed by atoms with Crippen molar-refractivity contribution in [1.29, 1.82) is 0 Å². The number of nitrogens with one attached hydrogen (secondary N) is 2. The smallest absolute Gasteiger partial charge is 0.253 e. The Morgan fingerprint density at radius 1 is 1.22 bits per heavy atom. The lowest BCUT2D eigenvalue weighted by molar-refractivity contribution is -0.120. The van der Waals surface area contributed by atoms with Crippen LogP contribution >= 0.6 is 11.8 Å². The molecule has 0 saturated carbocycles. The van der Waals surface area contributed by atoms with Gasteiger partial charge in [-0.25, -0.2) is 5.43 Å². The van der Waals surface area contributed by atoms with Crippen molar-refractivity contribution in [2.45, 2.75) is 37.3 Å². The molecule has 0 bridgehead atoms. The molecule has 0 fully saturated rings. The van der Waals surface area contributed by atoms with E-state index in [0.29, 0.717) is 18.2 Å². The molecule has 0 saturated heterocycles. The van der Waals surface area contributed by atoms with Crippen LogP contribution in [0.1, 0.15) is 23.9 Å². The minimum Gasteiger partial charge on any atom is -0.508 e. The van der Waals surface area contributed by atoms with Crippen LogP contribution in [0.15, 0.2) is 71.4 Å². The molecule has 1 aromatic heterocycles. The first kappa shape index (κ1) is 23.1. The molecule has 3 N–H and O–H groups in total. The predicted molar refractivity (Wildman–Crippen MR) is 128 cm³/mol. The lowest BCUT2D eigenvalue weighted by Crippen LogP contribution is -2.27. The number of phenols is 1. The summed E-state index contributed by atoms with van der Waals surface area (Å²) in [7, 11) is 0. The number of rotatable bonds is 10. The third-order valence-electron chi connectivity index (χ3n) is 4.54. The molecule has 0 aliphatic carbocycles. The van der Waals surface area contributed by atoms with Gasteiger partial charge in [-0.2, -0.15) is 5.10 Å². The van der Waals surface area contributed by atoms with Crippen molar-refractivity contribution < 1.29 is 9.90 Å². The van der Waals surface area contributed by atoms with Gasteiger partial charge in [-0.15, -0.1) is 16.8 Å². The van der Waals surface area contributed by atoms with Crippen LogP contribution in [-0.4, -0.2) is 37.2 Å². The molecule has 166 valence electrons. The summed E-state index contributed by atoms with van der Waals surface area (Å²) in [6.45, 7) is 8.68. The number of phenolic OH excluding ortho intramolecular Hbond substituents is 1. The van der Waals surface area contributed by atoms with Crippen LogP contribution in [0.25, 0.3) is 0 Å². The molecule has 0 aliphatic rings. The Hall–Kier alpha value is -3.59. The number of benzene rings is 2. The quantitative estimate of drug-likeness (QED) is 0.188. The van der Waals surface area contributed by atoms with Gasteiger partial charge in [0.05, 0.1) is 18.0 Å². The number of carbonyl (C=O) groups is 1. The number of nitrogens with zero attached hydrogens (tertiary/aromatic N) is 4. The van der Waals surface area contributed by atoms with E-state index < -0.39 is 5.25 Å². The average molecular weight is 451 g/mol. The summed E-state index contributed by atoms with van der Waals surface area (Å²) in [5.41, 5.74) is 5.49. The second-order valence-corrected chi connectivity index (χ2v) is 8.41. The maximum atomic E-state index is 12.4. The number of aromatic nitrogens is 3. The Bertz CT molecular complexity index is 1080. The monoisotopic (exact) mass is 450 g/mol. The second-order valence-electron chi connectivity index (χ2n) is 7.10. The van der Waals surface area contributed by atoms with Gasteiger partial charge in [0.15, 0.2) is 11.0 Å². The summed E-state index contributed by atoms with van der Waals surface area (Å²) in [5.74, 6) is 0.678. The summed E-state index contributed by atoms with van der Waals surface area (Å²) in [6, 6.07) is 14.6. The molecular weight excluding hydrogens is 424 g/mol. The second kappa shape index (κ2) is 11.1. The molecule has 2 aromatic carbocycles. The fourth-order valence-corrected chi connectivity index (χ4v) is 3.61. The highest BCUT2D eigenvalue weighted by molar-refractivity contribution is 8.00. The maximum Gasteiger partial charge on any atom is 0.253 e. The van der Waals surface area contributed by atoms with E-state index >= 15 is 0 Å². The number of aryl methyl sites for hydroxylation is 1. The van der Waals surface area contributed by atoms with E-state index in [2.05, 4.69) is 32.6 Å². The van der Waals surface area contributed by atoms with Crippen LogP contribution in [-0.2, 0) is 17.9 Å². The highest BCUT2D eigenvalue weighted by Crippen LogP contribution is 2.23. The van der Waals surface area contributed by atoms with Crippen LogP contribution < -0.4 is 10.7 Å².